The standard InChI is InChI=1S/C20H19N3O6S2/c1-12-20(21-13(2)24)17(29-22-12)7-4-15-5-8-19(30-15)31(25,26)23-14-3-6-16-18(11-14)28-10-9-27-16/h3-8,11,23H,9-10H2,1-2H3,(H,21,24). The highest BCUT2D eigenvalue weighted by molar-refractivity contribution is 7.94. The number of benzene rings is 1. The van der Waals surface area contributed by atoms with Crippen molar-refractivity contribution >= 4 is 50.8 Å². The fourth-order valence-electron chi connectivity index (χ4n) is 2.87. The molecule has 0 saturated heterocycles. The van der Waals surface area contributed by atoms with Crippen molar-refractivity contribution in [2.24, 2.45) is 0 Å². The number of aromatic nitrogens is 1. The first-order chi connectivity index (χ1) is 14.8. The average molecular weight is 462 g/mol. The van der Waals surface area contributed by atoms with E-state index < -0.39 is 10.0 Å². The van der Waals surface area contributed by atoms with Gasteiger partial charge in [-0.15, -0.1) is 11.3 Å². The van der Waals surface area contributed by atoms with Crippen LogP contribution in [0, 0.1) is 6.92 Å². The highest BCUT2D eigenvalue weighted by atomic mass is 32.2. The van der Waals surface area contributed by atoms with Gasteiger partial charge in [0.2, 0.25) is 5.91 Å². The number of fused-ring (bicyclic) bond motifs is 1. The van der Waals surface area contributed by atoms with Crippen LogP contribution >= 0.6 is 11.3 Å². The van der Waals surface area contributed by atoms with Gasteiger partial charge in [0.05, 0.1) is 5.69 Å². The molecule has 0 radical (unpaired) electrons. The molecule has 0 atom stereocenters. The predicted molar refractivity (Wildman–Crippen MR) is 117 cm³/mol. The Morgan fingerprint density at radius 3 is 2.68 bits per heavy atom. The van der Waals surface area contributed by atoms with Gasteiger partial charge in [-0.25, -0.2) is 8.42 Å². The predicted octanol–water partition coefficient (Wildman–Crippen LogP) is 3.75. The van der Waals surface area contributed by atoms with Crippen molar-refractivity contribution in [2.75, 3.05) is 23.3 Å². The van der Waals surface area contributed by atoms with E-state index in [1.165, 1.54) is 13.0 Å². The second kappa shape index (κ2) is 8.44. The lowest BCUT2D eigenvalue weighted by Gasteiger charge is -2.19. The molecule has 1 amide bonds. The van der Waals surface area contributed by atoms with E-state index in [4.69, 9.17) is 14.0 Å². The normalized spacial score (nSPS) is 13.4. The van der Waals surface area contributed by atoms with Crippen LogP contribution in [0.2, 0.25) is 0 Å². The van der Waals surface area contributed by atoms with Gasteiger partial charge in [0.15, 0.2) is 17.3 Å². The van der Waals surface area contributed by atoms with Gasteiger partial charge >= 0.3 is 0 Å². The Labute approximate surface area is 182 Å². The van der Waals surface area contributed by atoms with Crippen LogP contribution in [0.4, 0.5) is 11.4 Å². The number of anilines is 2. The molecule has 0 bridgehead atoms. The zero-order valence-corrected chi connectivity index (χ0v) is 18.3. The molecule has 162 valence electrons. The number of hydrogen-bond acceptors (Lipinski definition) is 8. The smallest absolute Gasteiger partial charge is 0.271 e. The van der Waals surface area contributed by atoms with Crippen LogP contribution < -0.4 is 19.5 Å². The van der Waals surface area contributed by atoms with Gasteiger partial charge in [-0.3, -0.25) is 9.52 Å². The van der Waals surface area contributed by atoms with Crippen LogP contribution in [0.5, 0.6) is 11.5 Å². The largest absolute Gasteiger partial charge is 0.486 e. The summed E-state index contributed by atoms with van der Waals surface area (Å²) in [6, 6.07) is 8.08. The zero-order chi connectivity index (χ0) is 22.0. The topological polar surface area (TPSA) is 120 Å². The van der Waals surface area contributed by atoms with E-state index in [1.54, 1.807) is 43.3 Å². The van der Waals surface area contributed by atoms with Crippen LogP contribution in [0.15, 0.2) is 39.1 Å². The van der Waals surface area contributed by atoms with Gasteiger partial charge in [-0.2, -0.15) is 0 Å². The summed E-state index contributed by atoms with van der Waals surface area (Å²) in [6.07, 6.45) is 3.32. The highest BCUT2D eigenvalue weighted by Gasteiger charge is 2.19. The van der Waals surface area contributed by atoms with Crippen LogP contribution in [0.3, 0.4) is 0 Å². The lowest BCUT2D eigenvalue weighted by Crippen LogP contribution is -2.16. The van der Waals surface area contributed by atoms with Gasteiger partial charge in [-0.05, 0) is 43.3 Å². The van der Waals surface area contributed by atoms with Crippen molar-refractivity contribution in [3.8, 4) is 11.5 Å². The molecule has 11 heteroatoms. The van der Waals surface area contributed by atoms with E-state index in [0.717, 1.165) is 11.3 Å². The average Bonchev–Trinajstić information content (AvgIpc) is 3.34. The van der Waals surface area contributed by atoms with E-state index in [2.05, 4.69) is 15.2 Å². The van der Waals surface area contributed by atoms with Crippen molar-refractivity contribution in [3.63, 3.8) is 0 Å². The molecule has 1 aromatic carbocycles. The number of ether oxygens (including phenoxy) is 2. The van der Waals surface area contributed by atoms with Crippen molar-refractivity contribution in [2.45, 2.75) is 18.1 Å². The van der Waals surface area contributed by atoms with Crippen molar-refractivity contribution < 1.29 is 27.2 Å². The second-order valence-electron chi connectivity index (χ2n) is 6.64. The molecule has 0 unspecified atom stereocenters. The number of nitrogens with zero attached hydrogens (tertiary/aromatic N) is 1. The van der Waals surface area contributed by atoms with Crippen molar-refractivity contribution in [3.05, 3.63) is 46.7 Å². The number of sulfonamides is 1. The first kappa shape index (κ1) is 20.9. The summed E-state index contributed by atoms with van der Waals surface area (Å²) in [6.45, 7) is 3.98. The Kier molecular flexibility index (Phi) is 5.70. The summed E-state index contributed by atoms with van der Waals surface area (Å²) in [7, 11) is -3.78. The summed E-state index contributed by atoms with van der Waals surface area (Å²) >= 11 is 1.09. The Balaban J connectivity index is 1.50. The first-order valence-corrected chi connectivity index (χ1v) is 11.6. The van der Waals surface area contributed by atoms with Crippen LogP contribution in [-0.2, 0) is 14.8 Å². The van der Waals surface area contributed by atoms with Gasteiger partial charge < -0.3 is 19.3 Å². The molecule has 0 spiro atoms. The highest BCUT2D eigenvalue weighted by Crippen LogP contribution is 2.34. The number of thiophene rings is 1. The molecule has 2 aromatic heterocycles. The molecule has 2 N–H and O–H groups in total. The van der Waals surface area contributed by atoms with Gasteiger partial charge in [-0.1, -0.05) is 5.16 Å². The minimum Gasteiger partial charge on any atom is -0.486 e. The molecule has 0 aliphatic carbocycles. The number of amides is 1. The number of hydrogen-bond donors (Lipinski definition) is 2. The lowest BCUT2D eigenvalue weighted by atomic mass is 10.2. The van der Waals surface area contributed by atoms with E-state index in [1.807, 2.05) is 0 Å². The first-order valence-electron chi connectivity index (χ1n) is 9.26. The third kappa shape index (κ3) is 4.72. The van der Waals surface area contributed by atoms with E-state index >= 15 is 0 Å². The maximum absolute atomic E-state index is 12.8. The number of nitrogens with one attached hydrogen (secondary N) is 2. The third-order valence-corrected chi connectivity index (χ3v) is 7.17. The summed E-state index contributed by atoms with van der Waals surface area (Å²) in [5.41, 5.74) is 1.41. The van der Waals surface area contributed by atoms with Gasteiger partial charge in [0.1, 0.15) is 28.8 Å². The molecule has 3 heterocycles. The van der Waals surface area contributed by atoms with E-state index in [9.17, 15) is 13.2 Å². The molecular weight excluding hydrogens is 442 g/mol. The maximum Gasteiger partial charge on any atom is 0.271 e. The fourth-order valence-corrected chi connectivity index (χ4v) is 5.15. The summed E-state index contributed by atoms with van der Waals surface area (Å²) in [5.74, 6) is 1.22. The molecule has 4 rings (SSSR count). The molecule has 1 aliphatic rings. The summed E-state index contributed by atoms with van der Waals surface area (Å²) in [4.78, 5) is 12.0. The lowest BCUT2D eigenvalue weighted by molar-refractivity contribution is -0.114. The van der Waals surface area contributed by atoms with Crippen molar-refractivity contribution in [1.29, 1.82) is 0 Å². The minimum atomic E-state index is -3.78. The monoisotopic (exact) mass is 461 g/mol. The maximum atomic E-state index is 12.8. The SMILES string of the molecule is CC(=O)Nc1c(C)noc1C=Cc1ccc(S(=O)(=O)Nc2ccc3c(c2)OCCO3)s1. The van der Waals surface area contributed by atoms with E-state index in [0.29, 0.717) is 52.4 Å². The summed E-state index contributed by atoms with van der Waals surface area (Å²) in [5, 5.41) is 6.51. The minimum absolute atomic E-state index is 0.151. The quantitative estimate of drug-likeness (QED) is 0.574. The number of aryl methyl sites for hydroxylation is 1. The second-order valence-corrected chi connectivity index (χ2v) is 9.67. The molecule has 9 nitrogen and oxygen atoms in total. The molecule has 31 heavy (non-hydrogen) atoms. The van der Waals surface area contributed by atoms with E-state index in [-0.39, 0.29) is 10.1 Å². The number of rotatable bonds is 6. The molecule has 3 aromatic rings. The number of carbonyl (C=O) groups excluding carboxylic acids is 1. The van der Waals surface area contributed by atoms with Crippen molar-refractivity contribution in [1.82, 2.24) is 5.16 Å². The molecule has 0 fully saturated rings. The molecule has 1 aliphatic heterocycles. The fraction of sp³-hybridized carbons (Fsp3) is 0.200. The Hall–Kier alpha value is -3.31. The Morgan fingerprint density at radius 1 is 1.13 bits per heavy atom. The van der Waals surface area contributed by atoms with Gasteiger partial charge in [0, 0.05) is 17.9 Å². The zero-order valence-electron chi connectivity index (χ0n) is 16.7. The molecule has 0 saturated carbocycles. The van der Waals surface area contributed by atoms with Crippen LogP contribution in [0.25, 0.3) is 12.2 Å². The summed E-state index contributed by atoms with van der Waals surface area (Å²) < 4.78 is 44.4. The van der Waals surface area contributed by atoms with Gasteiger partial charge in [0.25, 0.3) is 10.0 Å². The third-order valence-electron chi connectivity index (χ3n) is 4.25. The Morgan fingerprint density at radius 2 is 1.90 bits per heavy atom. The number of carbonyl (C=O) groups is 1. The van der Waals surface area contributed by atoms with Crippen LogP contribution in [0.1, 0.15) is 23.3 Å². The molecular formula is C20H19N3O6S2. The Bertz CT molecular complexity index is 1260. The van der Waals surface area contributed by atoms with Crippen LogP contribution in [-0.4, -0.2) is 32.7 Å².